The maximum atomic E-state index is 12.7. The Morgan fingerprint density at radius 2 is 1.72 bits per heavy atom. The number of nitrogens with zero attached hydrogens (tertiary/aromatic N) is 3. The molecule has 14 heteroatoms. The van der Waals surface area contributed by atoms with Gasteiger partial charge in [0.05, 0.1) is 34.2 Å². The Labute approximate surface area is 200 Å². The molecule has 0 unspecified atom stereocenters. The summed E-state index contributed by atoms with van der Waals surface area (Å²) in [5.74, 6) is -0.583. The van der Waals surface area contributed by atoms with Crippen LogP contribution in [-0.2, 0) is 11.0 Å². The Bertz CT molecular complexity index is 1310. The molecule has 3 aromatic rings. The van der Waals surface area contributed by atoms with E-state index in [2.05, 4.69) is 15.8 Å². The smallest absolute Gasteiger partial charge is 0.416 e. The van der Waals surface area contributed by atoms with Crippen LogP contribution in [0.5, 0.6) is 11.5 Å². The van der Waals surface area contributed by atoms with Crippen LogP contribution in [0.2, 0.25) is 0 Å². The van der Waals surface area contributed by atoms with Gasteiger partial charge in [0, 0.05) is 11.8 Å². The summed E-state index contributed by atoms with van der Waals surface area (Å²) in [5.41, 5.74) is 0.988. The van der Waals surface area contributed by atoms with Crippen molar-refractivity contribution in [3.05, 3.63) is 98.1 Å². The number of halogens is 3. The van der Waals surface area contributed by atoms with E-state index in [1.807, 2.05) is 0 Å². The summed E-state index contributed by atoms with van der Waals surface area (Å²) >= 11 is 0. The molecule has 0 spiro atoms. The minimum atomic E-state index is -4.50. The SMILES string of the molecule is O=C(CNc1cccc(C(F)(F)F)c1)N/N=C\c1ccc(Oc2ccc([N+](=O)[O-])cc2[N+](=O)[O-])cc1. The summed E-state index contributed by atoms with van der Waals surface area (Å²) in [6.07, 6.45) is -3.21. The number of benzene rings is 3. The van der Waals surface area contributed by atoms with Crippen molar-refractivity contribution in [1.82, 2.24) is 5.43 Å². The van der Waals surface area contributed by atoms with Crippen molar-refractivity contribution >= 4 is 29.2 Å². The minimum absolute atomic E-state index is 0.118. The number of nitro groups is 2. The molecule has 11 nitrogen and oxygen atoms in total. The molecule has 36 heavy (non-hydrogen) atoms. The first-order chi connectivity index (χ1) is 17.0. The average Bonchev–Trinajstić information content (AvgIpc) is 2.83. The molecule has 0 aliphatic heterocycles. The number of ether oxygens (including phenoxy) is 1. The zero-order valence-electron chi connectivity index (χ0n) is 18.1. The van der Waals surface area contributed by atoms with Gasteiger partial charge in [0.1, 0.15) is 5.75 Å². The van der Waals surface area contributed by atoms with E-state index >= 15 is 0 Å². The molecule has 3 rings (SSSR count). The molecule has 0 radical (unpaired) electrons. The van der Waals surface area contributed by atoms with Crippen molar-refractivity contribution in [2.45, 2.75) is 6.18 Å². The molecule has 186 valence electrons. The van der Waals surface area contributed by atoms with E-state index in [0.29, 0.717) is 5.56 Å². The van der Waals surface area contributed by atoms with Crippen molar-refractivity contribution in [3.63, 3.8) is 0 Å². The standard InChI is InChI=1S/C22H16F3N5O6/c23-22(24,25)15-2-1-3-16(10-15)26-13-21(31)28-27-12-14-4-7-18(8-5-14)36-20-9-6-17(29(32)33)11-19(20)30(34)35/h1-12,26H,13H2,(H,28,31)/b27-12-. The van der Waals surface area contributed by atoms with Crippen LogP contribution in [0.3, 0.4) is 0 Å². The summed E-state index contributed by atoms with van der Waals surface area (Å²) < 4.78 is 43.7. The van der Waals surface area contributed by atoms with Crippen molar-refractivity contribution in [3.8, 4) is 11.5 Å². The second kappa shape index (κ2) is 10.9. The minimum Gasteiger partial charge on any atom is -0.450 e. The molecule has 0 saturated heterocycles. The lowest BCUT2D eigenvalue weighted by Crippen LogP contribution is -2.26. The van der Waals surface area contributed by atoms with Crippen LogP contribution in [0.1, 0.15) is 11.1 Å². The summed E-state index contributed by atoms with van der Waals surface area (Å²) in [4.78, 5) is 32.3. The second-order valence-corrected chi connectivity index (χ2v) is 7.06. The van der Waals surface area contributed by atoms with Gasteiger partial charge in [0.15, 0.2) is 0 Å². The number of hydrogen-bond acceptors (Lipinski definition) is 8. The molecule has 0 fully saturated rings. The van der Waals surface area contributed by atoms with Gasteiger partial charge in [0.25, 0.3) is 11.6 Å². The van der Waals surface area contributed by atoms with Crippen LogP contribution in [0.25, 0.3) is 0 Å². The fraction of sp³-hybridized carbons (Fsp3) is 0.0909. The van der Waals surface area contributed by atoms with Gasteiger partial charge in [-0.3, -0.25) is 25.0 Å². The predicted molar refractivity (Wildman–Crippen MR) is 122 cm³/mol. The number of anilines is 1. The summed E-state index contributed by atoms with van der Waals surface area (Å²) in [7, 11) is 0. The summed E-state index contributed by atoms with van der Waals surface area (Å²) in [6, 6.07) is 13.4. The Morgan fingerprint density at radius 3 is 2.36 bits per heavy atom. The molecule has 0 aliphatic rings. The molecule has 0 bridgehead atoms. The summed E-state index contributed by atoms with van der Waals surface area (Å²) in [6.45, 7) is -0.320. The quantitative estimate of drug-likeness (QED) is 0.240. The lowest BCUT2D eigenvalue weighted by molar-refractivity contribution is -0.394. The Kier molecular flexibility index (Phi) is 7.79. The zero-order chi connectivity index (χ0) is 26.3. The third-order valence-electron chi connectivity index (χ3n) is 4.50. The average molecular weight is 503 g/mol. The number of alkyl halides is 3. The molecule has 3 aromatic carbocycles. The first-order valence-corrected chi connectivity index (χ1v) is 9.97. The van der Waals surface area contributed by atoms with E-state index in [1.165, 1.54) is 42.6 Å². The number of amides is 1. The normalized spacial score (nSPS) is 11.2. The highest BCUT2D eigenvalue weighted by Gasteiger charge is 2.30. The van der Waals surface area contributed by atoms with Gasteiger partial charge < -0.3 is 10.1 Å². The molecule has 0 aliphatic carbocycles. The highest BCUT2D eigenvalue weighted by molar-refractivity contribution is 5.84. The van der Waals surface area contributed by atoms with Crippen LogP contribution in [-0.4, -0.2) is 28.5 Å². The maximum Gasteiger partial charge on any atom is 0.416 e. The van der Waals surface area contributed by atoms with Crippen LogP contribution in [0.4, 0.5) is 30.2 Å². The van der Waals surface area contributed by atoms with Crippen LogP contribution in [0.15, 0.2) is 71.8 Å². The van der Waals surface area contributed by atoms with Gasteiger partial charge in [-0.25, -0.2) is 5.43 Å². The van der Waals surface area contributed by atoms with Gasteiger partial charge >= 0.3 is 11.9 Å². The second-order valence-electron chi connectivity index (χ2n) is 7.06. The van der Waals surface area contributed by atoms with Crippen LogP contribution in [0, 0.1) is 20.2 Å². The molecule has 0 aromatic heterocycles. The number of hydrogen-bond donors (Lipinski definition) is 2. The van der Waals surface area contributed by atoms with E-state index in [-0.39, 0.29) is 23.7 Å². The summed E-state index contributed by atoms with van der Waals surface area (Å²) in [5, 5.41) is 28.3. The number of nitrogens with one attached hydrogen (secondary N) is 2. The van der Waals surface area contributed by atoms with E-state index in [9.17, 15) is 38.2 Å². The molecular weight excluding hydrogens is 487 g/mol. The third-order valence-corrected chi connectivity index (χ3v) is 4.50. The van der Waals surface area contributed by atoms with Crippen LogP contribution >= 0.6 is 0 Å². The number of non-ortho nitro benzene ring substituents is 1. The Balaban J connectivity index is 1.54. The Hall–Kier alpha value is -5.01. The molecule has 0 atom stereocenters. The van der Waals surface area contributed by atoms with Crippen molar-refractivity contribution in [2.75, 3.05) is 11.9 Å². The fourth-order valence-corrected chi connectivity index (χ4v) is 2.80. The van der Waals surface area contributed by atoms with Gasteiger partial charge in [-0.2, -0.15) is 18.3 Å². The van der Waals surface area contributed by atoms with Gasteiger partial charge in [-0.1, -0.05) is 6.07 Å². The zero-order valence-corrected chi connectivity index (χ0v) is 18.1. The molecule has 0 saturated carbocycles. The molecule has 1 amide bonds. The Morgan fingerprint density at radius 1 is 1.00 bits per heavy atom. The first kappa shape index (κ1) is 25.6. The van der Waals surface area contributed by atoms with Gasteiger partial charge in [-0.15, -0.1) is 0 Å². The number of hydrazone groups is 1. The van der Waals surface area contributed by atoms with Crippen molar-refractivity contribution in [2.24, 2.45) is 5.10 Å². The van der Waals surface area contributed by atoms with E-state index in [4.69, 9.17) is 4.74 Å². The maximum absolute atomic E-state index is 12.7. The highest BCUT2D eigenvalue weighted by atomic mass is 19.4. The third kappa shape index (κ3) is 6.99. The van der Waals surface area contributed by atoms with Gasteiger partial charge in [-0.05, 0) is 54.1 Å². The van der Waals surface area contributed by atoms with Crippen molar-refractivity contribution in [1.29, 1.82) is 0 Å². The molecular formula is C22H16F3N5O6. The lowest BCUT2D eigenvalue weighted by Gasteiger charge is -2.10. The lowest BCUT2D eigenvalue weighted by atomic mass is 10.2. The first-order valence-electron chi connectivity index (χ1n) is 9.97. The van der Waals surface area contributed by atoms with Crippen molar-refractivity contribution < 1.29 is 32.5 Å². The largest absolute Gasteiger partial charge is 0.450 e. The fourth-order valence-electron chi connectivity index (χ4n) is 2.80. The highest BCUT2D eigenvalue weighted by Crippen LogP contribution is 2.34. The van der Waals surface area contributed by atoms with E-state index < -0.39 is 38.9 Å². The predicted octanol–water partition coefficient (Wildman–Crippen LogP) is 4.88. The molecule has 0 heterocycles. The van der Waals surface area contributed by atoms with E-state index in [0.717, 1.165) is 30.3 Å². The molecule has 2 N–H and O–H groups in total. The van der Waals surface area contributed by atoms with Gasteiger partial charge in [0.2, 0.25) is 5.75 Å². The number of carbonyl (C=O) groups is 1. The monoisotopic (exact) mass is 503 g/mol. The number of rotatable bonds is 9. The number of nitro benzene ring substituents is 2. The number of carbonyl (C=O) groups excluding carboxylic acids is 1. The van der Waals surface area contributed by atoms with E-state index in [1.54, 1.807) is 0 Å². The topological polar surface area (TPSA) is 149 Å². The van der Waals surface area contributed by atoms with Crippen LogP contribution < -0.4 is 15.5 Å².